The highest BCUT2D eigenvalue weighted by molar-refractivity contribution is 7.14. The van der Waals surface area contributed by atoms with Gasteiger partial charge in [-0.05, 0) is 18.2 Å². The van der Waals surface area contributed by atoms with Gasteiger partial charge in [0.2, 0.25) is 5.91 Å². The van der Waals surface area contributed by atoms with Crippen LogP contribution in [0.5, 0.6) is 0 Å². The Morgan fingerprint density at radius 3 is 2.73 bits per heavy atom. The summed E-state index contributed by atoms with van der Waals surface area (Å²) < 4.78 is 18.7. The van der Waals surface area contributed by atoms with Crippen molar-refractivity contribution in [1.82, 2.24) is 10.3 Å². The van der Waals surface area contributed by atoms with Gasteiger partial charge in [-0.3, -0.25) is 14.5 Å². The standard InChI is InChI=1S/C17H16FN3O4S/c1-11(22)21(14-6-4-3-5-13(14)18)17-20-12(10-26-17)7-8-16(24)25-9-15(23)19-2/h3-8,10H,9H2,1-2H3,(H,19,23)/b8-7+. The van der Waals surface area contributed by atoms with E-state index in [4.69, 9.17) is 4.74 Å². The number of rotatable bonds is 6. The maximum absolute atomic E-state index is 14.0. The fraction of sp³-hybridized carbons (Fsp3) is 0.176. The number of halogens is 1. The molecule has 1 aromatic carbocycles. The monoisotopic (exact) mass is 377 g/mol. The molecule has 9 heteroatoms. The number of thiazole rings is 1. The predicted molar refractivity (Wildman–Crippen MR) is 95.4 cm³/mol. The van der Waals surface area contributed by atoms with Crippen LogP contribution in [-0.2, 0) is 19.1 Å². The van der Waals surface area contributed by atoms with E-state index in [9.17, 15) is 18.8 Å². The van der Waals surface area contributed by atoms with Crippen molar-refractivity contribution in [2.75, 3.05) is 18.6 Å². The molecule has 0 saturated carbocycles. The van der Waals surface area contributed by atoms with Crippen LogP contribution in [-0.4, -0.2) is 36.4 Å². The Balaban J connectivity index is 2.13. The molecular formula is C17H16FN3O4S. The average molecular weight is 377 g/mol. The van der Waals surface area contributed by atoms with Crippen LogP contribution >= 0.6 is 11.3 Å². The second-order valence-electron chi connectivity index (χ2n) is 4.98. The molecule has 1 heterocycles. The summed E-state index contributed by atoms with van der Waals surface area (Å²) in [6.45, 7) is 0.923. The summed E-state index contributed by atoms with van der Waals surface area (Å²) in [6.07, 6.45) is 2.49. The molecule has 0 atom stereocenters. The van der Waals surface area contributed by atoms with Gasteiger partial charge >= 0.3 is 5.97 Å². The molecule has 0 aliphatic carbocycles. The van der Waals surface area contributed by atoms with E-state index in [0.29, 0.717) is 5.69 Å². The summed E-state index contributed by atoms with van der Waals surface area (Å²) >= 11 is 1.12. The number of ether oxygens (including phenoxy) is 1. The van der Waals surface area contributed by atoms with Crippen molar-refractivity contribution in [3.63, 3.8) is 0 Å². The number of para-hydroxylation sites is 1. The van der Waals surface area contributed by atoms with E-state index < -0.39 is 23.6 Å². The van der Waals surface area contributed by atoms with Crippen LogP contribution in [0.1, 0.15) is 12.6 Å². The fourth-order valence-electron chi connectivity index (χ4n) is 1.91. The fourth-order valence-corrected chi connectivity index (χ4v) is 2.75. The minimum atomic E-state index is -0.708. The number of nitrogens with zero attached hydrogens (tertiary/aromatic N) is 2. The second-order valence-corrected chi connectivity index (χ2v) is 5.81. The lowest BCUT2D eigenvalue weighted by Crippen LogP contribution is -2.24. The predicted octanol–water partition coefficient (Wildman–Crippen LogP) is 2.27. The number of hydrogen-bond donors (Lipinski definition) is 1. The topological polar surface area (TPSA) is 88.6 Å². The largest absolute Gasteiger partial charge is 0.452 e. The van der Waals surface area contributed by atoms with Gasteiger partial charge in [-0.15, -0.1) is 11.3 Å². The molecule has 0 unspecified atom stereocenters. The molecule has 2 rings (SSSR count). The van der Waals surface area contributed by atoms with Crippen molar-refractivity contribution in [2.24, 2.45) is 0 Å². The summed E-state index contributed by atoms with van der Waals surface area (Å²) in [6, 6.07) is 5.87. The molecule has 7 nitrogen and oxygen atoms in total. The summed E-state index contributed by atoms with van der Waals surface area (Å²) in [5.41, 5.74) is 0.486. The third kappa shape index (κ3) is 4.96. The first-order valence-corrected chi connectivity index (χ1v) is 8.36. The van der Waals surface area contributed by atoms with Gasteiger partial charge in [-0.25, -0.2) is 14.2 Å². The molecule has 1 N–H and O–H groups in total. The molecule has 0 saturated heterocycles. The van der Waals surface area contributed by atoms with E-state index in [0.717, 1.165) is 22.3 Å². The van der Waals surface area contributed by atoms with Gasteiger partial charge in [0, 0.05) is 25.4 Å². The van der Waals surface area contributed by atoms with Crippen molar-refractivity contribution in [1.29, 1.82) is 0 Å². The number of carbonyl (C=O) groups excluding carboxylic acids is 3. The summed E-state index contributed by atoms with van der Waals surface area (Å²) in [7, 11) is 1.43. The van der Waals surface area contributed by atoms with Gasteiger partial charge in [0.05, 0.1) is 11.4 Å². The molecule has 136 valence electrons. The normalized spacial score (nSPS) is 10.6. The highest BCUT2D eigenvalue weighted by atomic mass is 32.1. The van der Waals surface area contributed by atoms with Gasteiger partial charge in [-0.2, -0.15) is 0 Å². The minimum absolute atomic E-state index is 0.0925. The number of amides is 2. The number of aromatic nitrogens is 1. The second kappa shape index (κ2) is 8.86. The first kappa shape index (κ1) is 19.3. The first-order chi connectivity index (χ1) is 12.4. The van der Waals surface area contributed by atoms with Crippen molar-refractivity contribution in [3.8, 4) is 0 Å². The molecular weight excluding hydrogens is 361 g/mol. The Hall–Kier alpha value is -3.07. The maximum atomic E-state index is 14.0. The summed E-state index contributed by atoms with van der Waals surface area (Å²) in [5.74, 6) is -2.08. The highest BCUT2D eigenvalue weighted by Gasteiger charge is 2.20. The van der Waals surface area contributed by atoms with Gasteiger partial charge in [-0.1, -0.05) is 12.1 Å². The number of likely N-dealkylation sites (N-methyl/N-ethyl adjacent to an activating group) is 1. The maximum Gasteiger partial charge on any atom is 0.331 e. The van der Waals surface area contributed by atoms with Crippen LogP contribution in [0.3, 0.4) is 0 Å². The van der Waals surface area contributed by atoms with Crippen molar-refractivity contribution >= 4 is 46.0 Å². The van der Waals surface area contributed by atoms with Crippen molar-refractivity contribution in [3.05, 3.63) is 47.2 Å². The summed E-state index contributed by atoms with van der Waals surface area (Å²) in [4.78, 5) is 39.8. The van der Waals surface area contributed by atoms with Crippen molar-refractivity contribution in [2.45, 2.75) is 6.92 Å². The van der Waals surface area contributed by atoms with Gasteiger partial charge in [0.1, 0.15) is 5.82 Å². The van der Waals surface area contributed by atoms with Crippen LogP contribution in [0, 0.1) is 5.82 Å². The Morgan fingerprint density at radius 2 is 2.08 bits per heavy atom. The third-order valence-electron chi connectivity index (χ3n) is 3.12. The SMILES string of the molecule is CNC(=O)COC(=O)/C=C/c1csc(N(C(C)=O)c2ccccc2F)n1. The molecule has 0 fully saturated rings. The molecule has 0 bridgehead atoms. The molecule has 2 amide bonds. The Morgan fingerprint density at radius 1 is 1.35 bits per heavy atom. The van der Waals surface area contributed by atoms with E-state index in [-0.39, 0.29) is 17.4 Å². The highest BCUT2D eigenvalue weighted by Crippen LogP contribution is 2.30. The van der Waals surface area contributed by atoms with E-state index in [1.54, 1.807) is 11.4 Å². The lowest BCUT2D eigenvalue weighted by Gasteiger charge is -2.18. The average Bonchev–Trinajstić information content (AvgIpc) is 3.08. The molecule has 26 heavy (non-hydrogen) atoms. The number of carbonyl (C=O) groups is 3. The molecule has 0 aliphatic heterocycles. The van der Waals surface area contributed by atoms with E-state index in [2.05, 4.69) is 10.3 Å². The van der Waals surface area contributed by atoms with Crippen LogP contribution in [0.2, 0.25) is 0 Å². The van der Waals surface area contributed by atoms with E-state index in [1.807, 2.05) is 0 Å². The number of nitrogens with one attached hydrogen (secondary N) is 1. The van der Waals surface area contributed by atoms with Gasteiger partial charge in [0.15, 0.2) is 11.7 Å². The molecule has 2 aromatic rings. The van der Waals surface area contributed by atoms with E-state index in [1.165, 1.54) is 38.2 Å². The Labute approximate surface area is 153 Å². The lowest BCUT2D eigenvalue weighted by atomic mass is 10.3. The number of benzene rings is 1. The minimum Gasteiger partial charge on any atom is -0.452 e. The van der Waals surface area contributed by atoms with Crippen LogP contribution in [0.25, 0.3) is 6.08 Å². The Bertz CT molecular complexity index is 850. The zero-order valence-electron chi connectivity index (χ0n) is 14.1. The lowest BCUT2D eigenvalue weighted by molar-refractivity contribution is -0.143. The molecule has 0 aliphatic rings. The molecule has 0 spiro atoms. The number of anilines is 2. The third-order valence-corrected chi connectivity index (χ3v) is 3.97. The first-order valence-electron chi connectivity index (χ1n) is 7.48. The summed E-state index contributed by atoms with van der Waals surface area (Å²) in [5, 5.41) is 4.19. The van der Waals surface area contributed by atoms with E-state index >= 15 is 0 Å². The number of esters is 1. The number of hydrogen-bond acceptors (Lipinski definition) is 6. The van der Waals surface area contributed by atoms with Gasteiger partial charge in [0.25, 0.3) is 5.91 Å². The quantitative estimate of drug-likeness (QED) is 0.616. The Kier molecular flexibility index (Phi) is 6.56. The van der Waals surface area contributed by atoms with Crippen LogP contribution < -0.4 is 10.2 Å². The van der Waals surface area contributed by atoms with Crippen LogP contribution in [0.15, 0.2) is 35.7 Å². The molecule has 0 radical (unpaired) electrons. The molecule has 1 aromatic heterocycles. The zero-order chi connectivity index (χ0) is 19.1. The zero-order valence-corrected chi connectivity index (χ0v) is 14.9. The van der Waals surface area contributed by atoms with Gasteiger partial charge < -0.3 is 10.1 Å². The van der Waals surface area contributed by atoms with Crippen molar-refractivity contribution < 1.29 is 23.5 Å². The smallest absolute Gasteiger partial charge is 0.331 e. The van der Waals surface area contributed by atoms with Crippen LogP contribution in [0.4, 0.5) is 15.2 Å².